The number of furan rings is 1. The van der Waals surface area contributed by atoms with E-state index in [1.54, 1.807) is 12.1 Å². The first-order valence-electron chi connectivity index (χ1n) is 11.6. The molecule has 3 aromatic heterocycles. The molecule has 1 aliphatic carbocycles. The van der Waals surface area contributed by atoms with Crippen molar-refractivity contribution in [1.29, 1.82) is 0 Å². The van der Waals surface area contributed by atoms with Crippen LogP contribution in [0.25, 0.3) is 22.2 Å². The van der Waals surface area contributed by atoms with Crippen molar-refractivity contribution in [3.05, 3.63) is 78.0 Å². The van der Waals surface area contributed by atoms with E-state index in [0.717, 1.165) is 28.7 Å². The number of pyridine rings is 2. The fraction of sp³-hybridized carbons (Fsp3) is 0.269. The fourth-order valence-corrected chi connectivity index (χ4v) is 5.84. The molecule has 38 heavy (non-hydrogen) atoms. The van der Waals surface area contributed by atoms with Crippen LogP contribution in [-0.2, 0) is 27.4 Å². The number of carbonyl (C=O) groups excluding carboxylic acids is 1. The van der Waals surface area contributed by atoms with Crippen molar-refractivity contribution in [2.45, 2.75) is 42.5 Å². The number of hydrogen-bond acceptors (Lipinski definition) is 6. The lowest BCUT2D eigenvalue weighted by atomic mass is 10.0. The highest BCUT2D eigenvalue weighted by Crippen LogP contribution is 2.45. The minimum Gasteiger partial charge on any atom is -0.443 e. The van der Waals surface area contributed by atoms with Gasteiger partial charge in [0.15, 0.2) is 5.78 Å². The molecular formula is C26H21F4N3O4S. The van der Waals surface area contributed by atoms with Crippen molar-refractivity contribution in [3.63, 3.8) is 0 Å². The first kappa shape index (κ1) is 26.0. The second-order valence-corrected chi connectivity index (χ2v) is 11.0. The zero-order chi connectivity index (χ0) is 27.3. The third kappa shape index (κ3) is 4.81. The number of benzene rings is 1. The molecule has 1 saturated carbocycles. The average molecular weight is 548 g/mol. The topological polar surface area (TPSA) is 93.4 Å². The molecule has 0 radical (unpaired) electrons. The zero-order valence-corrected chi connectivity index (χ0v) is 20.8. The molecule has 3 heterocycles. The third-order valence-corrected chi connectivity index (χ3v) is 8.51. The lowest BCUT2D eigenvalue weighted by Gasteiger charge is -2.25. The number of Topliss-reactive ketones (excluding diaryl/α,β-unsaturated/α-hetero) is 1. The van der Waals surface area contributed by atoms with Gasteiger partial charge in [0.25, 0.3) is 10.0 Å². The summed E-state index contributed by atoms with van der Waals surface area (Å²) in [5, 5.41) is -0.0836. The monoisotopic (exact) mass is 547 g/mol. The summed E-state index contributed by atoms with van der Waals surface area (Å²) in [5.74, 6) is -0.818. The highest BCUT2D eigenvalue weighted by molar-refractivity contribution is 7.89. The fourth-order valence-electron chi connectivity index (χ4n) is 4.35. The second-order valence-electron chi connectivity index (χ2n) is 9.14. The molecule has 0 atom stereocenters. The van der Waals surface area contributed by atoms with Gasteiger partial charge in [-0.05, 0) is 61.7 Å². The van der Waals surface area contributed by atoms with Crippen LogP contribution >= 0.6 is 0 Å². The maximum Gasteiger partial charge on any atom is 0.417 e. The molecular weight excluding hydrogens is 526 g/mol. The Bertz CT molecular complexity index is 1630. The molecule has 0 unspecified atom stereocenters. The van der Waals surface area contributed by atoms with E-state index in [1.807, 2.05) is 0 Å². The SMILES string of the molecule is CN(C1(C(=O)CCc2cc(-c3ccc(C(F)(F)F)cn3)ccn2)CC1)S(=O)(=O)c1cc2cc(F)ccc2o1. The van der Waals surface area contributed by atoms with Crippen LogP contribution in [0, 0.1) is 5.82 Å². The molecule has 7 nitrogen and oxygen atoms in total. The first-order chi connectivity index (χ1) is 17.9. The van der Waals surface area contributed by atoms with Gasteiger partial charge in [0.05, 0.1) is 16.8 Å². The number of carbonyl (C=O) groups is 1. The Morgan fingerprint density at radius 3 is 2.50 bits per heavy atom. The zero-order valence-electron chi connectivity index (χ0n) is 20.0. The molecule has 0 N–H and O–H groups in total. The Kier molecular flexibility index (Phi) is 6.35. The molecule has 5 rings (SSSR count). The molecule has 4 aromatic rings. The average Bonchev–Trinajstić information content (AvgIpc) is 3.59. The van der Waals surface area contributed by atoms with E-state index < -0.39 is 33.1 Å². The van der Waals surface area contributed by atoms with Crippen LogP contribution in [0.1, 0.15) is 30.5 Å². The molecule has 12 heteroatoms. The smallest absolute Gasteiger partial charge is 0.417 e. The summed E-state index contributed by atoms with van der Waals surface area (Å²) < 4.78 is 84.9. The van der Waals surface area contributed by atoms with Crippen molar-refractivity contribution in [2.24, 2.45) is 0 Å². The van der Waals surface area contributed by atoms with Crippen molar-refractivity contribution in [3.8, 4) is 11.3 Å². The lowest BCUT2D eigenvalue weighted by molar-refractivity contribution is -0.137. The minimum atomic E-state index is -4.49. The van der Waals surface area contributed by atoms with Gasteiger partial charge in [0, 0.05) is 48.6 Å². The van der Waals surface area contributed by atoms with Gasteiger partial charge in [-0.3, -0.25) is 14.8 Å². The van der Waals surface area contributed by atoms with E-state index in [4.69, 9.17) is 4.42 Å². The second kappa shape index (κ2) is 9.28. The Hall–Kier alpha value is -3.64. The number of sulfonamides is 1. The maximum absolute atomic E-state index is 13.5. The Balaban J connectivity index is 1.29. The normalized spacial score (nSPS) is 15.2. The highest BCUT2D eigenvalue weighted by atomic mass is 32.2. The maximum atomic E-state index is 13.5. The van der Waals surface area contributed by atoms with Gasteiger partial charge in [0.1, 0.15) is 11.4 Å². The van der Waals surface area contributed by atoms with Gasteiger partial charge in [-0.2, -0.15) is 17.5 Å². The van der Waals surface area contributed by atoms with Crippen LogP contribution in [0.5, 0.6) is 0 Å². The van der Waals surface area contributed by atoms with E-state index in [2.05, 4.69) is 9.97 Å². The molecule has 0 spiro atoms. The number of nitrogens with zero attached hydrogens (tertiary/aromatic N) is 3. The highest BCUT2D eigenvalue weighted by Gasteiger charge is 2.57. The van der Waals surface area contributed by atoms with Crippen molar-refractivity contribution < 1.29 is 35.2 Å². The molecule has 0 bridgehead atoms. The predicted molar refractivity (Wildman–Crippen MR) is 129 cm³/mol. The number of aromatic nitrogens is 2. The predicted octanol–water partition coefficient (Wildman–Crippen LogP) is 5.40. The summed E-state index contributed by atoms with van der Waals surface area (Å²) in [6.07, 6.45) is -1.36. The number of alkyl halides is 3. The van der Waals surface area contributed by atoms with E-state index in [0.29, 0.717) is 35.2 Å². The van der Waals surface area contributed by atoms with Gasteiger partial charge >= 0.3 is 6.18 Å². The van der Waals surface area contributed by atoms with Crippen LogP contribution in [-0.4, -0.2) is 41.1 Å². The number of hydrogen-bond donors (Lipinski definition) is 0. The molecule has 1 aromatic carbocycles. The van der Waals surface area contributed by atoms with Crippen LogP contribution in [0.15, 0.2) is 70.4 Å². The summed E-state index contributed by atoms with van der Waals surface area (Å²) in [6.45, 7) is 0. The van der Waals surface area contributed by atoms with E-state index >= 15 is 0 Å². The molecule has 1 fully saturated rings. The standard InChI is InChI=1S/C26H21F4N3O4S/c1-33(38(35,36)24-14-17-12-19(27)3-6-22(17)37-24)25(9-10-25)23(34)7-4-20-13-16(8-11-31-20)21-5-2-18(15-32-21)26(28,29)30/h2-3,5-6,8,11-15H,4,7,9-10H2,1H3. The van der Waals surface area contributed by atoms with Crippen LogP contribution in [0.3, 0.4) is 0 Å². The van der Waals surface area contributed by atoms with Gasteiger partial charge < -0.3 is 4.42 Å². The molecule has 0 saturated heterocycles. The van der Waals surface area contributed by atoms with Crippen LogP contribution in [0.2, 0.25) is 0 Å². The minimum absolute atomic E-state index is 0.00208. The van der Waals surface area contributed by atoms with Crippen molar-refractivity contribution >= 4 is 26.8 Å². The summed E-state index contributed by atoms with van der Waals surface area (Å²) >= 11 is 0. The number of aryl methyl sites for hydroxylation is 1. The quantitative estimate of drug-likeness (QED) is 0.274. The largest absolute Gasteiger partial charge is 0.443 e. The van der Waals surface area contributed by atoms with Crippen LogP contribution < -0.4 is 0 Å². The number of likely N-dealkylation sites (N-methyl/N-ethyl adjacent to an activating group) is 1. The van der Waals surface area contributed by atoms with E-state index in [-0.39, 0.29) is 29.3 Å². The number of rotatable bonds is 8. The van der Waals surface area contributed by atoms with E-state index in [9.17, 15) is 30.8 Å². The summed E-state index contributed by atoms with van der Waals surface area (Å²) in [7, 11) is -2.85. The third-order valence-electron chi connectivity index (χ3n) is 6.73. The summed E-state index contributed by atoms with van der Waals surface area (Å²) in [5.41, 5.74) is -0.484. The van der Waals surface area contributed by atoms with E-state index in [1.165, 1.54) is 31.4 Å². The molecule has 0 aliphatic heterocycles. The van der Waals surface area contributed by atoms with Gasteiger partial charge in [-0.1, -0.05) is 0 Å². The van der Waals surface area contributed by atoms with Gasteiger partial charge in [-0.25, -0.2) is 12.8 Å². The molecule has 1 aliphatic rings. The number of fused-ring (bicyclic) bond motifs is 1. The molecule has 198 valence electrons. The van der Waals surface area contributed by atoms with Crippen molar-refractivity contribution in [1.82, 2.24) is 14.3 Å². The van der Waals surface area contributed by atoms with Crippen LogP contribution in [0.4, 0.5) is 17.6 Å². The lowest BCUT2D eigenvalue weighted by Crippen LogP contribution is -2.44. The molecule has 0 amide bonds. The van der Waals surface area contributed by atoms with Gasteiger partial charge in [0.2, 0.25) is 5.09 Å². The summed E-state index contributed by atoms with van der Waals surface area (Å²) in [6, 6.07) is 10.3. The first-order valence-corrected chi connectivity index (χ1v) is 13.0. The summed E-state index contributed by atoms with van der Waals surface area (Å²) in [4.78, 5) is 21.3. The van der Waals surface area contributed by atoms with Gasteiger partial charge in [-0.15, -0.1) is 0 Å². The number of halogens is 4. The van der Waals surface area contributed by atoms with Crippen molar-refractivity contribution in [2.75, 3.05) is 7.05 Å². The Labute approximate surface area is 215 Å². The Morgan fingerprint density at radius 2 is 1.84 bits per heavy atom. The Morgan fingerprint density at radius 1 is 1.08 bits per heavy atom. The number of ketones is 1.